The number of hydrogen-bond acceptors (Lipinski definition) is 4. The van der Waals surface area contributed by atoms with Crippen molar-refractivity contribution in [1.29, 1.82) is 0 Å². The Kier molecular flexibility index (Phi) is 18.1. The van der Waals surface area contributed by atoms with Crippen LogP contribution in [0.1, 0.15) is 31.9 Å². The van der Waals surface area contributed by atoms with E-state index >= 15 is 0 Å². The van der Waals surface area contributed by atoms with Gasteiger partial charge in [-0.15, -0.1) is 0 Å². The lowest BCUT2D eigenvalue weighted by Gasteiger charge is -2.22. The topological polar surface area (TPSA) is 54.2 Å². The molecule has 0 aromatic heterocycles. The molecule has 1 heterocycles. The molecule has 5 aromatic rings. The molecule has 59 heavy (non-hydrogen) atoms. The van der Waals surface area contributed by atoms with E-state index in [0.29, 0.717) is 11.5 Å². The highest BCUT2D eigenvalue weighted by molar-refractivity contribution is 5.94. The summed E-state index contributed by atoms with van der Waals surface area (Å²) in [6, 6.07) is 39.8. The zero-order valence-corrected chi connectivity index (χ0v) is 34.2. The van der Waals surface area contributed by atoms with Crippen LogP contribution in [0.2, 0.25) is 0 Å². The molecule has 0 unspecified atom stereocenters. The highest BCUT2D eigenvalue weighted by Crippen LogP contribution is 2.45. The molecular weight excluding hydrogens is 721 g/mol. The SMILES string of the molecule is C=C/C=C(/C)C=C.C=N\C=C/C=C(\C=C\C)c1cccc(-c2cccc(-c3ccc4c(c3)-c3ccccc3-c3ccccc3/C(=C/O)O4)c2)c1.C=N\C=C/C=C\C=C\C. The fourth-order valence-corrected chi connectivity index (χ4v) is 6.16. The largest absolute Gasteiger partial charge is 0.512 e. The number of benzene rings is 5. The molecule has 0 bridgehead atoms. The number of aliphatic hydroxyl groups is 1. The van der Waals surface area contributed by atoms with Crippen LogP contribution in [0, 0.1) is 0 Å². The van der Waals surface area contributed by atoms with Crippen LogP contribution in [0.3, 0.4) is 0 Å². The minimum atomic E-state index is 0.420. The van der Waals surface area contributed by atoms with Gasteiger partial charge in [-0.1, -0.05) is 170 Å². The molecule has 4 heteroatoms. The van der Waals surface area contributed by atoms with Crippen LogP contribution in [-0.4, -0.2) is 18.5 Å². The minimum Gasteiger partial charge on any atom is -0.512 e. The average molecular weight is 773 g/mol. The highest BCUT2D eigenvalue weighted by atomic mass is 16.5. The number of allylic oxidation sites excluding steroid dienone is 14. The van der Waals surface area contributed by atoms with Crippen molar-refractivity contribution >= 4 is 24.8 Å². The maximum absolute atomic E-state index is 10.1. The second kappa shape index (κ2) is 24.2. The predicted molar refractivity (Wildman–Crippen MR) is 258 cm³/mol. The lowest BCUT2D eigenvalue weighted by molar-refractivity contribution is 0.436. The molecule has 0 spiro atoms. The van der Waals surface area contributed by atoms with Gasteiger partial charge in [0.25, 0.3) is 0 Å². The first kappa shape index (κ1) is 44.2. The zero-order chi connectivity index (χ0) is 42.2. The van der Waals surface area contributed by atoms with E-state index in [0.717, 1.165) is 73.0 Å². The Hall–Kier alpha value is -7.56. The van der Waals surface area contributed by atoms with Crippen molar-refractivity contribution < 1.29 is 9.84 Å². The second-order valence-electron chi connectivity index (χ2n) is 13.0. The number of fused-ring (bicyclic) bond motifs is 5. The van der Waals surface area contributed by atoms with Crippen LogP contribution in [0.25, 0.3) is 55.8 Å². The summed E-state index contributed by atoms with van der Waals surface area (Å²) in [4.78, 5) is 7.34. The molecule has 0 fully saturated rings. The van der Waals surface area contributed by atoms with Crippen molar-refractivity contribution in [2.24, 2.45) is 9.98 Å². The van der Waals surface area contributed by atoms with Crippen LogP contribution >= 0.6 is 0 Å². The maximum atomic E-state index is 10.1. The first-order valence-electron chi connectivity index (χ1n) is 19.3. The summed E-state index contributed by atoms with van der Waals surface area (Å²) >= 11 is 0. The quantitative estimate of drug-likeness (QED) is 0.0826. The van der Waals surface area contributed by atoms with Gasteiger partial charge in [0.05, 0.1) is 0 Å². The summed E-state index contributed by atoms with van der Waals surface area (Å²) in [7, 11) is 0. The Balaban J connectivity index is 0.000000406. The van der Waals surface area contributed by atoms with E-state index < -0.39 is 0 Å². The summed E-state index contributed by atoms with van der Waals surface area (Å²) < 4.78 is 6.33. The van der Waals surface area contributed by atoms with Crippen LogP contribution in [-0.2, 0) is 0 Å². The van der Waals surface area contributed by atoms with Gasteiger partial charge in [0, 0.05) is 23.5 Å². The van der Waals surface area contributed by atoms with Crippen LogP contribution in [0.5, 0.6) is 5.75 Å². The van der Waals surface area contributed by atoms with E-state index in [1.807, 2.05) is 106 Å². The molecule has 1 aliphatic heterocycles. The second-order valence-corrected chi connectivity index (χ2v) is 13.0. The van der Waals surface area contributed by atoms with Crippen molar-refractivity contribution in [1.82, 2.24) is 0 Å². The summed E-state index contributed by atoms with van der Waals surface area (Å²) in [6.07, 6.45) is 27.5. The molecule has 294 valence electrons. The van der Waals surface area contributed by atoms with Gasteiger partial charge in [0.15, 0.2) is 5.76 Å². The Morgan fingerprint density at radius 3 is 1.75 bits per heavy atom. The summed E-state index contributed by atoms with van der Waals surface area (Å²) in [6.45, 7) is 19.9. The van der Waals surface area contributed by atoms with Gasteiger partial charge in [-0.2, -0.15) is 0 Å². The molecule has 5 aromatic carbocycles. The lowest BCUT2D eigenvalue weighted by Crippen LogP contribution is -2.03. The molecule has 1 N–H and O–H groups in total. The van der Waals surface area contributed by atoms with Crippen molar-refractivity contribution in [3.63, 3.8) is 0 Å². The molecular formula is C55H52N2O2. The predicted octanol–water partition coefficient (Wildman–Crippen LogP) is 15.4. The molecule has 0 aliphatic carbocycles. The van der Waals surface area contributed by atoms with Crippen LogP contribution in [0.15, 0.2) is 236 Å². The van der Waals surface area contributed by atoms with Gasteiger partial charge in [-0.25, -0.2) is 0 Å². The van der Waals surface area contributed by atoms with E-state index in [4.69, 9.17) is 4.74 Å². The summed E-state index contributed by atoms with van der Waals surface area (Å²) in [5.74, 6) is 1.11. The third-order valence-corrected chi connectivity index (χ3v) is 8.98. The van der Waals surface area contributed by atoms with E-state index in [9.17, 15) is 5.11 Å². The van der Waals surface area contributed by atoms with Gasteiger partial charge in [0.2, 0.25) is 0 Å². The highest BCUT2D eigenvalue weighted by Gasteiger charge is 2.22. The molecule has 4 nitrogen and oxygen atoms in total. The first-order chi connectivity index (χ1) is 28.9. The van der Waals surface area contributed by atoms with E-state index in [1.54, 1.807) is 24.6 Å². The molecule has 6 rings (SSSR count). The molecule has 0 saturated heterocycles. The number of nitrogens with zero attached hydrogens (tertiary/aromatic N) is 2. The Morgan fingerprint density at radius 1 is 0.576 bits per heavy atom. The molecule has 0 amide bonds. The summed E-state index contributed by atoms with van der Waals surface area (Å²) in [5.41, 5.74) is 12.8. The van der Waals surface area contributed by atoms with Gasteiger partial charge in [-0.3, -0.25) is 9.98 Å². The number of aliphatic hydroxyl groups excluding tert-OH is 1. The van der Waals surface area contributed by atoms with Gasteiger partial charge < -0.3 is 9.84 Å². The van der Waals surface area contributed by atoms with Gasteiger partial charge in [-0.05, 0) is 121 Å². The average Bonchev–Trinajstić information content (AvgIpc) is 3.28. The standard InChI is InChI=1S/C40H31NO2.C8H11N.C7H10/c1-3-11-28(16-10-23-41-2)29-12-8-13-30(24-29)31-14-9-15-32(25-31)33-21-22-39-38(26-33)36-19-5-4-17-34(36)35-18-6-7-20-37(35)40(27-42)43-39;1-3-4-5-6-7-8-9-2;1-4-6-7(3)5-2/h3-27,42H,2H2,1H3;3-8H,2H2,1H3;4-6H,1-2H2,3H3/b11-3+,23-10-,28-16+,40-27-;4-3+,6-5-,8-7-;7-6-. The number of aliphatic imine (C=N–C) groups is 2. The third kappa shape index (κ3) is 12.7. The van der Waals surface area contributed by atoms with E-state index in [2.05, 4.69) is 128 Å². The normalized spacial score (nSPS) is 13.0. The monoisotopic (exact) mass is 772 g/mol. The Bertz CT molecular complexity index is 2480. The van der Waals surface area contributed by atoms with E-state index in [-0.39, 0.29) is 0 Å². The Morgan fingerprint density at radius 2 is 1.15 bits per heavy atom. The van der Waals surface area contributed by atoms with Gasteiger partial charge in [0.1, 0.15) is 12.0 Å². The van der Waals surface area contributed by atoms with Crippen LogP contribution < -0.4 is 4.74 Å². The smallest absolute Gasteiger partial charge is 0.169 e. The van der Waals surface area contributed by atoms with Crippen molar-refractivity contribution in [3.05, 3.63) is 237 Å². The fraction of sp³-hybridized carbons (Fsp3) is 0.0545. The van der Waals surface area contributed by atoms with Crippen molar-refractivity contribution in [2.75, 3.05) is 0 Å². The number of ether oxygens (including phenoxy) is 1. The number of hydrogen-bond donors (Lipinski definition) is 1. The van der Waals surface area contributed by atoms with E-state index in [1.165, 1.54) is 0 Å². The van der Waals surface area contributed by atoms with Crippen LogP contribution in [0.4, 0.5) is 0 Å². The molecule has 0 atom stereocenters. The fourth-order valence-electron chi connectivity index (χ4n) is 6.16. The minimum absolute atomic E-state index is 0.420. The third-order valence-electron chi connectivity index (χ3n) is 8.98. The maximum Gasteiger partial charge on any atom is 0.169 e. The Labute approximate surface area is 351 Å². The number of rotatable bonds is 11. The molecule has 0 radical (unpaired) electrons. The van der Waals surface area contributed by atoms with Crippen molar-refractivity contribution in [3.8, 4) is 50.3 Å². The lowest BCUT2D eigenvalue weighted by atomic mass is 9.88. The van der Waals surface area contributed by atoms with Gasteiger partial charge >= 0.3 is 0 Å². The molecule has 0 saturated carbocycles. The first-order valence-corrected chi connectivity index (χ1v) is 19.3. The molecule has 1 aliphatic rings. The van der Waals surface area contributed by atoms with Crippen molar-refractivity contribution in [2.45, 2.75) is 20.8 Å². The summed E-state index contributed by atoms with van der Waals surface area (Å²) in [5, 5.41) is 10.1. The zero-order valence-electron chi connectivity index (χ0n) is 34.2.